The lowest BCUT2D eigenvalue weighted by Crippen LogP contribution is -2.39. The lowest BCUT2D eigenvalue weighted by molar-refractivity contribution is -0.116. The SMILES string of the molecule is CCNC(=NCC1CCCS1)NCCC(=O)Nc1ccc(C)cn1. The molecule has 1 aliphatic rings. The number of rotatable bonds is 7. The molecule has 6 nitrogen and oxygen atoms in total. The minimum Gasteiger partial charge on any atom is -0.357 e. The second-order valence-corrected chi connectivity index (χ2v) is 7.21. The Balaban J connectivity index is 1.71. The third kappa shape index (κ3) is 6.78. The minimum absolute atomic E-state index is 0.0546. The van der Waals surface area contributed by atoms with Gasteiger partial charge in [0.15, 0.2) is 5.96 Å². The molecular formula is C17H27N5OS. The molecule has 132 valence electrons. The molecule has 0 saturated carbocycles. The summed E-state index contributed by atoms with van der Waals surface area (Å²) >= 11 is 2.00. The van der Waals surface area contributed by atoms with Gasteiger partial charge in [0.2, 0.25) is 5.91 Å². The van der Waals surface area contributed by atoms with Gasteiger partial charge in [0.05, 0.1) is 6.54 Å². The fourth-order valence-electron chi connectivity index (χ4n) is 2.36. The lowest BCUT2D eigenvalue weighted by Gasteiger charge is -2.12. The maximum atomic E-state index is 11.9. The molecule has 2 heterocycles. The summed E-state index contributed by atoms with van der Waals surface area (Å²) in [5.41, 5.74) is 1.07. The van der Waals surface area contributed by atoms with Gasteiger partial charge in [-0.15, -0.1) is 0 Å². The summed E-state index contributed by atoms with van der Waals surface area (Å²) in [5.74, 6) is 2.56. The van der Waals surface area contributed by atoms with E-state index in [9.17, 15) is 4.79 Å². The Morgan fingerprint density at radius 3 is 2.96 bits per heavy atom. The zero-order chi connectivity index (χ0) is 17.2. The first kappa shape index (κ1) is 18.6. The molecule has 1 aliphatic heterocycles. The summed E-state index contributed by atoms with van der Waals surface area (Å²) in [6, 6.07) is 3.74. The molecule has 3 N–H and O–H groups in total. The number of anilines is 1. The first-order valence-electron chi connectivity index (χ1n) is 8.53. The van der Waals surface area contributed by atoms with E-state index in [1.807, 2.05) is 37.7 Å². The van der Waals surface area contributed by atoms with Crippen LogP contribution >= 0.6 is 11.8 Å². The van der Waals surface area contributed by atoms with E-state index >= 15 is 0 Å². The number of aryl methyl sites for hydroxylation is 1. The number of pyridine rings is 1. The Kier molecular flexibility index (Phi) is 7.88. The van der Waals surface area contributed by atoms with Crippen molar-refractivity contribution >= 4 is 29.4 Å². The van der Waals surface area contributed by atoms with Gasteiger partial charge in [-0.1, -0.05) is 6.07 Å². The number of carbonyl (C=O) groups is 1. The minimum atomic E-state index is -0.0546. The van der Waals surface area contributed by atoms with E-state index in [0.717, 1.165) is 24.6 Å². The molecule has 24 heavy (non-hydrogen) atoms. The zero-order valence-electron chi connectivity index (χ0n) is 14.5. The maximum absolute atomic E-state index is 11.9. The molecule has 0 radical (unpaired) electrons. The van der Waals surface area contributed by atoms with Crippen LogP contribution in [0.5, 0.6) is 0 Å². The highest BCUT2D eigenvalue weighted by Crippen LogP contribution is 2.25. The molecule has 1 saturated heterocycles. The number of hydrogen-bond donors (Lipinski definition) is 3. The first-order chi connectivity index (χ1) is 11.7. The monoisotopic (exact) mass is 349 g/mol. The molecule has 1 atom stereocenters. The van der Waals surface area contributed by atoms with E-state index < -0.39 is 0 Å². The van der Waals surface area contributed by atoms with Crippen molar-refractivity contribution in [2.75, 3.05) is 30.7 Å². The summed E-state index contributed by atoms with van der Waals surface area (Å²) in [5, 5.41) is 9.87. The van der Waals surface area contributed by atoms with Gasteiger partial charge in [0.25, 0.3) is 0 Å². The predicted molar refractivity (Wildman–Crippen MR) is 102 cm³/mol. The number of nitrogens with one attached hydrogen (secondary N) is 3. The lowest BCUT2D eigenvalue weighted by atomic mass is 10.2. The smallest absolute Gasteiger partial charge is 0.227 e. The van der Waals surface area contributed by atoms with Gasteiger partial charge in [0, 0.05) is 31.0 Å². The van der Waals surface area contributed by atoms with Crippen LogP contribution in [0.1, 0.15) is 31.7 Å². The molecule has 0 aromatic carbocycles. The molecule has 1 unspecified atom stereocenters. The number of amides is 1. The fourth-order valence-corrected chi connectivity index (χ4v) is 3.54. The van der Waals surface area contributed by atoms with Crippen LogP contribution < -0.4 is 16.0 Å². The highest BCUT2D eigenvalue weighted by Gasteiger charge is 2.15. The number of nitrogens with zero attached hydrogens (tertiary/aromatic N) is 2. The molecular weight excluding hydrogens is 322 g/mol. The number of aromatic nitrogens is 1. The van der Waals surface area contributed by atoms with Gasteiger partial charge >= 0.3 is 0 Å². The summed E-state index contributed by atoms with van der Waals surface area (Å²) in [7, 11) is 0. The largest absolute Gasteiger partial charge is 0.357 e. The van der Waals surface area contributed by atoms with Gasteiger partial charge < -0.3 is 16.0 Å². The molecule has 0 aliphatic carbocycles. The standard InChI is InChI=1S/C17H27N5OS/c1-3-18-17(21-12-14-5-4-10-24-14)19-9-8-16(23)22-15-7-6-13(2)11-20-15/h6-7,11,14H,3-5,8-10,12H2,1-2H3,(H2,18,19,21)(H,20,22,23). The van der Waals surface area contributed by atoms with Crippen LogP contribution in [0.2, 0.25) is 0 Å². The Morgan fingerprint density at radius 1 is 1.42 bits per heavy atom. The molecule has 1 aromatic rings. The van der Waals surface area contributed by atoms with E-state index in [4.69, 9.17) is 0 Å². The van der Waals surface area contributed by atoms with Gasteiger partial charge in [-0.25, -0.2) is 4.98 Å². The Hall–Kier alpha value is -1.76. The van der Waals surface area contributed by atoms with Gasteiger partial charge in [0.1, 0.15) is 5.82 Å². The number of guanidine groups is 1. The average molecular weight is 350 g/mol. The molecule has 2 rings (SSSR count). The van der Waals surface area contributed by atoms with Crippen molar-refractivity contribution in [2.24, 2.45) is 4.99 Å². The van der Waals surface area contributed by atoms with Crippen molar-refractivity contribution in [1.29, 1.82) is 0 Å². The third-order valence-electron chi connectivity index (χ3n) is 3.64. The number of aliphatic imine (C=N–C) groups is 1. The van der Waals surface area contributed by atoms with Gasteiger partial charge in [-0.2, -0.15) is 11.8 Å². The molecule has 7 heteroatoms. The Labute approximate surface area is 148 Å². The normalized spacial score (nSPS) is 17.6. The topological polar surface area (TPSA) is 78.4 Å². The van der Waals surface area contributed by atoms with Gasteiger partial charge in [-0.05, 0) is 44.1 Å². The number of carbonyl (C=O) groups excluding carboxylic acids is 1. The summed E-state index contributed by atoms with van der Waals surface area (Å²) in [4.78, 5) is 20.7. The Bertz CT molecular complexity index is 540. The number of hydrogen-bond acceptors (Lipinski definition) is 4. The summed E-state index contributed by atoms with van der Waals surface area (Å²) in [6.45, 7) is 6.19. The van der Waals surface area contributed by atoms with Gasteiger partial charge in [-0.3, -0.25) is 9.79 Å². The van der Waals surface area contributed by atoms with Crippen LogP contribution in [-0.4, -0.2) is 47.5 Å². The van der Waals surface area contributed by atoms with Crippen LogP contribution in [0.15, 0.2) is 23.3 Å². The second-order valence-electron chi connectivity index (χ2n) is 5.80. The van der Waals surface area contributed by atoms with E-state index in [0.29, 0.717) is 24.0 Å². The van der Waals surface area contributed by atoms with Crippen molar-refractivity contribution in [3.63, 3.8) is 0 Å². The fraction of sp³-hybridized carbons (Fsp3) is 0.588. The van der Waals surface area contributed by atoms with Crippen molar-refractivity contribution < 1.29 is 4.79 Å². The molecule has 1 aromatic heterocycles. The van der Waals surface area contributed by atoms with Crippen LogP contribution in [0, 0.1) is 6.92 Å². The van der Waals surface area contributed by atoms with E-state index in [1.54, 1.807) is 6.20 Å². The van der Waals surface area contributed by atoms with Crippen molar-refractivity contribution in [3.05, 3.63) is 23.9 Å². The van der Waals surface area contributed by atoms with Crippen molar-refractivity contribution in [3.8, 4) is 0 Å². The highest BCUT2D eigenvalue weighted by atomic mass is 32.2. The third-order valence-corrected chi connectivity index (χ3v) is 5.03. The van der Waals surface area contributed by atoms with Crippen LogP contribution in [0.4, 0.5) is 5.82 Å². The first-order valence-corrected chi connectivity index (χ1v) is 9.58. The second kappa shape index (κ2) is 10.2. The Morgan fingerprint density at radius 2 is 2.29 bits per heavy atom. The summed E-state index contributed by atoms with van der Waals surface area (Å²) < 4.78 is 0. The molecule has 1 amide bonds. The average Bonchev–Trinajstić information content (AvgIpc) is 3.08. The molecule has 1 fully saturated rings. The maximum Gasteiger partial charge on any atom is 0.227 e. The quantitative estimate of drug-likeness (QED) is 0.519. The summed E-state index contributed by atoms with van der Waals surface area (Å²) in [6.07, 6.45) is 4.66. The van der Waals surface area contributed by atoms with Crippen molar-refractivity contribution in [2.45, 2.75) is 38.4 Å². The molecule has 0 spiro atoms. The zero-order valence-corrected chi connectivity index (χ0v) is 15.3. The molecule has 0 bridgehead atoms. The van der Waals surface area contributed by atoms with E-state index in [1.165, 1.54) is 18.6 Å². The number of thioether (sulfide) groups is 1. The predicted octanol–water partition coefficient (Wildman–Crippen LogP) is 2.17. The van der Waals surface area contributed by atoms with Crippen molar-refractivity contribution in [1.82, 2.24) is 15.6 Å². The van der Waals surface area contributed by atoms with E-state index in [2.05, 4.69) is 25.9 Å². The van der Waals surface area contributed by atoms with Crippen LogP contribution in [0.3, 0.4) is 0 Å². The highest BCUT2D eigenvalue weighted by molar-refractivity contribution is 8.00. The van der Waals surface area contributed by atoms with Crippen LogP contribution in [-0.2, 0) is 4.79 Å². The van der Waals surface area contributed by atoms with Crippen LogP contribution in [0.25, 0.3) is 0 Å². The van der Waals surface area contributed by atoms with E-state index in [-0.39, 0.29) is 5.91 Å².